The molecule has 4 aliphatic rings. The van der Waals surface area contributed by atoms with Gasteiger partial charge in [0.25, 0.3) is 0 Å². The lowest BCUT2D eigenvalue weighted by Crippen LogP contribution is -2.55. The molecule has 3 aliphatic heterocycles. The van der Waals surface area contributed by atoms with Crippen molar-refractivity contribution in [3.05, 3.63) is 47.6 Å². The SMILES string of the molecule is COC1CC(C[C@@H](C)[C@@H]2CC(=O)[C@H](C)/C=C(\C)C(O)[C@@H](OC)C(=O)C(C)C[C@H](C)/C=C/C=C/C=C(\C)[C@@H](OC)C[C@@H]3CCC(C)C(OC)(CC(=O)N4CCCCC4C(=O)O2)O3)CC[C@H]1O. The van der Waals surface area contributed by atoms with Crippen molar-refractivity contribution in [1.82, 2.24) is 4.90 Å². The van der Waals surface area contributed by atoms with Gasteiger partial charge in [0.1, 0.15) is 30.1 Å². The molecular weight excluding hydrogens is 831 g/mol. The summed E-state index contributed by atoms with van der Waals surface area (Å²) in [6, 6.07) is -0.847. The summed E-state index contributed by atoms with van der Waals surface area (Å²) in [5, 5.41) is 22.0. The van der Waals surface area contributed by atoms with E-state index >= 15 is 0 Å². The molecule has 0 aromatic carbocycles. The second-order valence-corrected chi connectivity index (χ2v) is 19.8. The van der Waals surface area contributed by atoms with E-state index in [0.29, 0.717) is 50.6 Å². The molecule has 0 radical (unpaired) electrons. The van der Waals surface area contributed by atoms with Crippen molar-refractivity contribution in [2.75, 3.05) is 35.0 Å². The number of hydrogen-bond donors (Lipinski definition) is 2. The number of nitrogens with zero attached hydrogens (tertiary/aromatic N) is 1. The Hall–Kier alpha value is -3.04. The van der Waals surface area contributed by atoms with E-state index in [-0.39, 0.29) is 72.3 Å². The molecule has 1 amide bonds. The number of carbonyl (C=O) groups is 4. The van der Waals surface area contributed by atoms with Crippen molar-refractivity contribution < 1.29 is 57.8 Å². The van der Waals surface area contributed by atoms with E-state index in [1.165, 1.54) is 7.11 Å². The average Bonchev–Trinajstić information content (AvgIpc) is 3.28. The first kappa shape index (κ1) is 54.6. The summed E-state index contributed by atoms with van der Waals surface area (Å²) in [6.45, 7) is 13.7. The van der Waals surface area contributed by atoms with Gasteiger partial charge in [-0.15, -0.1) is 0 Å². The molecule has 0 aromatic rings. The van der Waals surface area contributed by atoms with Crippen LogP contribution in [0.5, 0.6) is 0 Å². The quantitative estimate of drug-likeness (QED) is 0.190. The lowest BCUT2D eigenvalue weighted by Gasteiger charge is -2.46. The van der Waals surface area contributed by atoms with Crippen LogP contribution in [0.15, 0.2) is 47.6 Å². The Labute approximate surface area is 389 Å². The third-order valence-electron chi connectivity index (χ3n) is 14.9. The summed E-state index contributed by atoms with van der Waals surface area (Å²) >= 11 is 0. The molecule has 0 aromatic heterocycles. The molecule has 65 heavy (non-hydrogen) atoms. The van der Waals surface area contributed by atoms with Crippen LogP contribution in [0.4, 0.5) is 0 Å². The number of piperidine rings is 1. The number of aliphatic hydroxyl groups excluding tert-OH is 2. The van der Waals surface area contributed by atoms with Gasteiger partial charge in [-0.05, 0) is 107 Å². The van der Waals surface area contributed by atoms with Crippen LogP contribution in [-0.2, 0) is 47.6 Å². The van der Waals surface area contributed by atoms with Gasteiger partial charge in [0, 0.05) is 65.6 Å². The van der Waals surface area contributed by atoms with E-state index in [1.807, 2.05) is 65.0 Å². The third-order valence-corrected chi connectivity index (χ3v) is 14.9. The molecule has 3 fully saturated rings. The average molecular weight is 914 g/mol. The van der Waals surface area contributed by atoms with Crippen molar-refractivity contribution in [2.45, 2.75) is 186 Å². The molecule has 3 heterocycles. The Morgan fingerprint density at radius 2 is 1.58 bits per heavy atom. The number of ether oxygens (including phenoxy) is 6. The van der Waals surface area contributed by atoms with Crippen molar-refractivity contribution in [1.29, 1.82) is 0 Å². The van der Waals surface area contributed by atoms with Crippen LogP contribution < -0.4 is 0 Å². The van der Waals surface area contributed by atoms with Crippen molar-refractivity contribution in [3.8, 4) is 0 Å². The topological polar surface area (TPSA) is 167 Å². The van der Waals surface area contributed by atoms with Gasteiger partial charge < -0.3 is 43.5 Å². The van der Waals surface area contributed by atoms with Gasteiger partial charge >= 0.3 is 5.97 Å². The van der Waals surface area contributed by atoms with E-state index < -0.39 is 54.0 Å². The minimum Gasteiger partial charge on any atom is -0.460 e. The minimum absolute atomic E-state index is 0.0606. The normalized spacial score (nSPS) is 40.4. The zero-order valence-corrected chi connectivity index (χ0v) is 41.4. The van der Waals surface area contributed by atoms with Crippen molar-refractivity contribution in [2.24, 2.45) is 35.5 Å². The molecule has 1 saturated carbocycles. The number of allylic oxidation sites excluding steroid dienone is 6. The molecule has 13 heteroatoms. The summed E-state index contributed by atoms with van der Waals surface area (Å²) in [6.07, 6.45) is 14.1. The molecule has 2 bridgehead atoms. The molecule has 1 aliphatic carbocycles. The highest BCUT2D eigenvalue weighted by Crippen LogP contribution is 2.41. The van der Waals surface area contributed by atoms with Crippen LogP contribution in [0.25, 0.3) is 0 Å². The number of amides is 1. The van der Waals surface area contributed by atoms with Crippen LogP contribution in [0.3, 0.4) is 0 Å². The predicted molar refractivity (Wildman–Crippen MR) is 250 cm³/mol. The number of ketones is 2. The van der Waals surface area contributed by atoms with E-state index in [4.69, 9.17) is 28.4 Å². The van der Waals surface area contributed by atoms with Gasteiger partial charge in [0.2, 0.25) is 5.91 Å². The predicted octanol–water partition coefficient (Wildman–Crippen LogP) is 7.66. The van der Waals surface area contributed by atoms with Crippen LogP contribution in [-0.4, -0.2) is 128 Å². The number of fused-ring (bicyclic) bond motifs is 3. The number of cyclic esters (lactones) is 1. The summed E-state index contributed by atoms with van der Waals surface area (Å²) in [5.74, 6) is -3.62. The van der Waals surface area contributed by atoms with Crippen LogP contribution >= 0.6 is 0 Å². The highest BCUT2D eigenvalue weighted by molar-refractivity contribution is 5.87. The van der Waals surface area contributed by atoms with Crippen LogP contribution in [0.2, 0.25) is 0 Å². The Morgan fingerprint density at radius 1 is 0.846 bits per heavy atom. The van der Waals surface area contributed by atoms with Gasteiger partial charge in [0.15, 0.2) is 11.6 Å². The fourth-order valence-electron chi connectivity index (χ4n) is 10.5. The highest BCUT2D eigenvalue weighted by Gasteiger charge is 2.48. The Kier molecular flexibility index (Phi) is 21.8. The number of aliphatic hydroxyl groups is 2. The molecular formula is C52H83NO12. The van der Waals surface area contributed by atoms with Crippen LogP contribution in [0.1, 0.15) is 132 Å². The third kappa shape index (κ3) is 15.0. The van der Waals surface area contributed by atoms with E-state index in [1.54, 1.807) is 46.2 Å². The van der Waals surface area contributed by atoms with Crippen molar-refractivity contribution >= 4 is 23.4 Å². The van der Waals surface area contributed by atoms with Gasteiger partial charge in [-0.2, -0.15) is 0 Å². The second-order valence-electron chi connectivity index (χ2n) is 19.8. The zero-order valence-electron chi connectivity index (χ0n) is 41.4. The maximum Gasteiger partial charge on any atom is 0.329 e. The summed E-state index contributed by atoms with van der Waals surface area (Å²) in [7, 11) is 6.26. The fraction of sp³-hybridized carbons (Fsp3) is 0.769. The Bertz CT molecular complexity index is 1690. The number of hydrogen-bond acceptors (Lipinski definition) is 12. The molecule has 13 nitrogen and oxygen atoms in total. The fourth-order valence-corrected chi connectivity index (χ4v) is 10.5. The molecule has 15 atom stereocenters. The molecule has 4 rings (SSSR count). The maximum absolute atomic E-state index is 14.5. The monoisotopic (exact) mass is 914 g/mol. The van der Waals surface area contributed by atoms with Crippen LogP contribution in [0, 0.1) is 35.5 Å². The lowest BCUT2D eigenvalue weighted by molar-refractivity contribution is -0.297. The highest BCUT2D eigenvalue weighted by atomic mass is 16.7. The smallest absolute Gasteiger partial charge is 0.329 e. The first-order chi connectivity index (χ1) is 30.9. The van der Waals surface area contributed by atoms with Crippen molar-refractivity contribution in [3.63, 3.8) is 0 Å². The number of methoxy groups -OCH3 is 4. The molecule has 368 valence electrons. The summed E-state index contributed by atoms with van der Waals surface area (Å²) < 4.78 is 36.4. The van der Waals surface area contributed by atoms with Gasteiger partial charge in [0.05, 0.1) is 30.8 Å². The largest absolute Gasteiger partial charge is 0.460 e. The van der Waals surface area contributed by atoms with Gasteiger partial charge in [-0.3, -0.25) is 14.4 Å². The first-order valence-corrected chi connectivity index (χ1v) is 24.3. The van der Waals surface area contributed by atoms with E-state index in [9.17, 15) is 29.4 Å². The second kappa shape index (κ2) is 25.9. The molecule has 2 N–H and O–H groups in total. The maximum atomic E-state index is 14.5. The minimum atomic E-state index is -1.27. The van der Waals surface area contributed by atoms with E-state index in [0.717, 1.165) is 37.7 Å². The standard InChI is InChI=1S/C52H83NO12/c1-32-17-13-12-14-18-33(2)44(60-8)29-40-22-20-38(7)52(63-11,65-40)31-47(56)53-24-16-15-19-41(53)51(59)64-45(35(4)27-39-21-23-42(54)46(28-39)61-9)30-43(55)34(3)26-37(6)49(58)50(62-10)48(57)36(5)25-32/h12-14,17-18,26,32,34-36,38-42,44-46,49-50,54,58H,15-16,19-25,27-31H2,1-11H3/b14-12+,17-13+,33-18+,37-26+/t32-,34-,35-,36?,38?,39?,40+,41?,42-,44+,45+,46?,49?,50+,52?/m1/s1. The molecule has 0 spiro atoms. The van der Waals surface area contributed by atoms with Gasteiger partial charge in [-0.25, -0.2) is 4.79 Å². The summed E-state index contributed by atoms with van der Waals surface area (Å²) in [5.41, 5.74) is 1.44. The Morgan fingerprint density at radius 3 is 2.26 bits per heavy atom. The number of carbonyl (C=O) groups excluding carboxylic acids is 4. The first-order valence-electron chi connectivity index (χ1n) is 24.3. The van der Waals surface area contributed by atoms with Gasteiger partial charge in [-0.1, -0.05) is 71.1 Å². The zero-order chi connectivity index (χ0) is 48.0. The number of esters is 1. The molecule has 7 unspecified atom stereocenters. The number of rotatable bonds is 7. The molecule has 2 saturated heterocycles. The number of Topliss-reactive ketones (excluding diaryl/α,β-unsaturated/α-hetero) is 2. The lowest BCUT2D eigenvalue weighted by atomic mass is 9.78. The van der Waals surface area contributed by atoms with E-state index in [2.05, 4.69) is 0 Å². The Balaban J connectivity index is 1.69. The summed E-state index contributed by atoms with van der Waals surface area (Å²) in [4.78, 5) is 58.4.